The smallest absolute Gasteiger partial charge is 0.328 e. The Morgan fingerprint density at radius 3 is 1.30 bits per heavy atom. The van der Waals surface area contributed by atoms with E-state index in [0.29, 0.717) is 12.2 Å². The Bertz CT molecular complexity index is 128. The highest BCUT2D eigenvalue weighted by molar-refractivity contribution is 5.89. The molecule has 6 N–H and O–H groups in total. The van der Waals surface area contributed by atoms with Crippen molar-refractivity contribution in [2.24, 2.45) is 0 Å². The van der Waals surface area contributed by atoms with Gasteiger partial charge in [0.05, 0.1) is 0 Å². The molecule has 0 saturated carbocycles. The molecule has 0 bridgehead atoms. The fraction of sp³-hybridized carbons (Fsp3) is 0. The lowest BCUT2D eigenvalue weighted by molar-refractivity contribution is -0.134. The second-order valence-corrected chi connectivity index (χ2v) is 1.01. The molecule has 6 heteroatoms. The molecule has 0 radical (unpaired) electrons. The minimum absolute atomic E-state index is 0. The number of halogens is 1. The van der Waals surface area contributed by atoms with Crippen LogP contribution in [0.2, 0.25) is 0 Å². The van der Waals surface area contributed by atoms with Gasteiger partial charge in [-0.25, -0.2) is 9.59 Å². The van der Waals surface area contributed by atoms with E-state index in [0.717, 1.165) is 0 Å². The largest absolute Gasteiger partial charge is 1.00 e. The van der Waals surface area contributed by atoms with Gasteiger partial charge in [0.15, 0.2) is 0 Å². The summed E-state index contributed by atoms with van der Waals surface area (Å²) in [5, 5.41) is 15.6. The van der Waals surface area contributed by atoms with Gasteiger partial charge in [-0.1, -0.05) is 0 Å². The maximum atomic E-state index is 9.55. The number of aliphatic carboxylic acids is 2. The van der Waals surface area contributed by atoms with E-state index in [2.05, 4.69) is 0 Å². The summed E-state index contributed by atoms with van der Waals surface area (Å²) in [6, 6.07) is 0. The average molecular weight is 214 g/mol. The van der Waals surface area contributed by atoms with Crippen LogP contribution in [0.4, 0.5) is 0 Å². The van der Waals surface area contributed by atoms with Gasteiger partial charge in [-0.05, 0) is 0 Å². The molecule has 0 atom stereocenters. The molecular weight excluding hydrogens is 206 g/mol. The van der Waals surface area contributed by atoms with Crippen molar-refractivity contribution in [1.29, 1.82) is 0 Å². The van der Waals surface area contributed by atoms with Gasteiger partial charge in [-0.2, -0.15) is 0 Å². The molecule has 0 spiro atoms. The van der Waals surface area contributed by atoms with Crippen LogP contribution in [0.25, 0.3) is 0 Å². The van der Waals surface area contributed by atoms with Crippen molar-refractivity contribution in [3.63, 3.8) is 0 Å². The highest BCUT2D eigenvalue weighted by Crippen LogP contribution is 1.70. The number of quaternary nitrogens is 1. The molecule has 0 aliphatic heterocycles. The zero-order valence-electron chi connectivity index (χ0n) is 5.24. The van der Waals surface area contributed by atoms with Crippen molar-refractivity contribution in [2.75, 3.05) is 0 Å². The van der Waals surface area contributed by atoms with Crippen molar-refractivity contribution in [2.45, 2.75) is 0 Å². The minimum Gasteiger partial charge on any atom is -1.00 e. The predicted octanol–water partition coefficient (Wildman–Crippen LogP) is -2.91. The van der Waals surface area contributed by atoms with Gasteiger partial charge in [0.25, 0.3) is 0 Å². The molecule has 0 rings (SSSR count). The fourth-order valence-electron chi connectivity index (χ4n) is 0.143. The van der Waals surface area contributed by atoms with Crippen LogP contribution in [0.1, 0.15) is 0 Å². The third-order valence-corrected chi connectivity index (χ3v) is 0.368. The summed E-state index contributed by atoms with van der Waals surface area (Å²) >= 11 is 0. The number of carboxylic acids is 2. The van der Waals surface area contributed by atoms with Crippen LogP contribution in [-0.2, 0) is 9.59 Å². The van der Waals surface area contributed by atoms with Crippen molar-refractivity contribution in [3.8, 4) is 0 Å². The van der Waals surface area contributed by atoms with E-state index in [1.54, 1.807) is 0 Å². The topological polar surface area (TPSA) is 111 Å². The average Bonchev–Trinajstić information content (AvgIpc) is 1.61. The summed E-state index contributed by atoms with van der Waals surface area (Å²) in [6.07, 6.45) is 1.12. The first-order valence-corrected chi connectivity index (χ1v) is 1.77. The first-order valence-electron chi connectivity index (χ1n) is 1.77. The van der Waals surface area contributed by atoms with Crippen molar-refractivity contribution in [1.82, 2.24) is 6.15 Å². The molecule has 0 saturated heterocycles. The van der Waals surface area contributed by atoms with E-state index in [1.165, 1.54) is 0 Å². The molecule has 0 aliphatic rings. The Labute approximate surface area is 67.7 Å². The van der Waals surface area contributed by atoms with E-state index >= 15 is 0 Å². The van der Waals surface area contributed by atoms with Crippen LogP contribution < -0.4 is 23.1 Å². The Morgan fingerprint density at radius 1 is 1.00 bits per heavy atom. The highest BCUT2D eigenvalue weighted by Gasteiger charge is 1.88. The Hall–Kier alpha value is -0.880. The number of carboxylic acid groups (broad SMARTS) is 2. The lowest BCUT2D eigenvalue weighted by Crippen LogP contribution is -3.00. The highest BCUT2D eigenvalue weighted by atomic mass is 79.9. The van der Waals surface area contributed by atoms with Gasteiger partial charge in [-0.3, -0.25) is 0 Å². The number of carbonyl (C=O) groups is 2. The van der Waals surface area contributed by atoms with E-state index in [1.807, 2.05) is 0 Å². The quantitative estimate of drug-likeness (QED) is 0.428. The molecule has 0 fully saturated rings. The zero-order valence-corrected chi connectivity index (χ0v) is 6.83. The Morgan fingerprint density at radius 2 is 1.20 bits per heavy atom. The molecule has 0 amide bonds. The minimum atomic E-state index is -1.26. The van der Waals surface area contributed by atoms with Crippen molar-refractivity contribution in [3.05, 3.63) is 12.2 Å². The van der Waals surface area contributed by atoms with Gasteiger partial charge in [0, 0.05) is 12.2 Å². The van der Waals surface area contributed by atoms with E-state index in [4.69, 9.17) is 10.2 Å². The first kappa shape index (κ1) is 16.1. The number of rotatable bonds is 2. The van der Waals surface area contributed by atoms with Crippen LogP contribution in [0.3, 0.4) is 0 Å². The molecule has 10 heavy (non-hydrogen) atoms. The third kappa shape index (κ3) is 15.7. The summed E-state index contributed by atoms with van der Waals surface area (Å²) < 4.78 is 0. The lowest BCUT2D eigenvalue weighted by atomic mass is 10.5. The number of hydrogen-bond acceptors (Lipinski definition) is 2. The normalized spacial score (nSPS) is 7.60. The van der Waals surface area contributed by atoms with Crippen LogP contribution in [-0.4, -0.2) is 22.2 Å². The first-order chi connectivity index (χ1) is 3.63. The summed E-state index contributed by atoms with van der Waals surface area (Å²) in [6.45, 7) is 0. The van der Waals surface area contributed by atoms with Crippen LogP contribution in [0, 0.1) is 0 Å². The SMILES string of the molecule is O=C(O)/C=C\C(=O)O.[Br-].[NH4+]. The molecule has 0 aliphatic carbocycles. The van der Waals surface area contributed by atoms with Crippen molar-refractivity contribution >= 4 is 11.9 Å². The van der Waals surface area contributed by atoms with Gasteiger partial charge >= 0.3 is 11.9 Å². The Balaban J connectivity index is -0.000000245. The second-order valence-electron chi connectivity index (χ2n) is 1.01. The zero-order chi connectivity index (χ0) is 6.57. The number of hydrogen-bond donors (Lipinski definition) is 3. The fourth-order valence-corrected chi connectivity index (χ4v) is 0.143. The van der Waals surface area contributed by atoms with Gasteiger partial charge in [0.1, 0.15) is 0 Å². The van der Waals surface area contributed by atoms with Gasteiger partial charge < -0.3 is 33.3 Å². The van der Waals surface area contributed by atoms with Gasteiger partial charge in [0.2, 0.25) is 0 Å². The van der Waals surface area contributed by atoms with Crippen LogP contribution in [0.5, 0.6) is 0 Å². The summed E-state index contributed by atoms with van der Waals surface area (Å²) in [5.74, 6) is -2.51. The molecule has 60 valence electrons. The maximum absolute atomic E-state index is 9.55. The van der Waals surface area contributed by atoms with Gasteiger partial charge in [-0.15, -0.1) is 0 Å². The summed E-state index contributed by atoms with van der Waals surface area (Å²) in [5.41, 5.74) is 0. The molecule has 0 unspecified atom stereocenters. The third-order valence-electron chi connectivity index (χ3n) is 0.368. The molecular formula is C4H8BrNO4. The van der Waals surface area contributed by atoms with E-state index in [9.17, 15) is 9.59 Å². The van der Waals surface area contributed by atoms with Crippen LogP contribution >= 0.6 is 0 Å². The van der Waals surface area contributed by atoms with E-state index < -0.39 is 11.9 Å². The summed E-state index contributed by atoms with van der Waals surface area (Å²) in [7, 11) is 0. The molecule has 0 aromatic carbocycles. The Kier molecular flexibility index (Phi) is 13.0. The lowest BCUT2D eigenvalue weighted by Gasteiger charge is -1.74. The molecule has 0 aromatic rings. The monoisotopic (exact) mass is 213 g/mol. The van der Waals surface area contributed by atoms with Crippen molar-refractivity contribution < 1.29 is 36.8 Å². The standard InChI is InChI=1S/C4H4O4.BrH.H3N/c5-3(6)1-2-4(7)8;;/h1-2H,(H,5,6)(H,7,8);1H;1H3/b2-1-;;. The maximum Gasteiger partial charge on any atom is 0.328 e. The van der Waals surface area contributed by atoms with Crippen LogP contribution in [0.15, 0.2) is 12.2 Å². The molecule has 0 aromatic heterocycles. The predicted molar refractivity (Wildman–Crippen MR) is 30.4 cm³/mol. The molecule has 5 nitrogen and oxygen atoms in total. The second kappa shape index (κ2) is 8.12. The van der Waals surface area contributed by atoms with E-state index in [-0.39, 0.29) is 23.1 Å². The molecule has 0 heterocycles. The summed E-state index contributed by atoms with van der Waals surface area (Å²) in [4.78, 5) is 19.1.